The Morgan fingerprint density at radius 3 is 2.73 bits per heavy atom. The van der Waals surface area contributed by atoms with E-state index in [9.17, 15) is 13.2 Å². The lowest BCUT2D eigenvalue weighted by atomic mass is 10.2. The number of rotatable bonds is 10. The van der Waals surface area contributed by atoms with Crippen LogP contribution in [-0.4, -0.2) is 68.2 Å². The molecule has 2 aromatic rings. The first kappa shape index (κ1) is 22.7. The average Bonchev–Trinajstić information content (AvgIpc) is 3.07. The number of hydrogen-bond donors (Lipinski definition) is 2. The number of nitrogens with one attached hydrogen (secondary N) is 1. The first-order valence-corrected chi connectivity index (χ1v) is 12.0. The summed E-state index contributed by atoms with van der Waals surface area (Å²) in [6.07, 6.45) is 2.65. The zero-order valence-corrected chi connectivity index (χ0v) is 18.3. The van der Waals surface area contributed by atoms with Crippen LogP contribution in [0.3, 0.4) is 0 Å². The van der Waals surface area contributed by atoms with Crippen molar-refractivity contribution in [2.75, 3.05) is 39.4 Å². The predicted octanol–water partition coefficient (Wildman–Crippen LogP) is 0.865. The molecule has 9 nitrogen and oxygen atoms in total. The first-order valence-electron chi connectivity index (χ1n) is 10.5. The fraction of sp³-hybridized carbons (Fsp3) is 0.600. The van der Waals surface area contributed by atoms with Gasteiger partial charge in [-0.25, -0.2) is 18.5 Å². The highest BCUT2D eigenvalue weighted by molar-refractivity contribution is 7.89. The normalized spacial score (nSPS) is 15.5. The molecule has 0 atom stereocenters. The highest BCUT2D eigenvalue weighted by atomic mass is 32.2. The number of fused-ring (bicyclic) bond motifs is 1. The maximum absolute atomic E-state index is 12.3. The fourth-order valence-electron chi connectivity index (χ4n) is 3.67. The van der Waals surface area contributed by atoms with Gasteiger partial charge in [-0.2, -0.15) is 0 Å². The molecule has 30 heavy (non-hydrogen) atoms. The molecule has 1 saturated heterocycles. The number of morpholine rings is 1. The SMILES string of the molecule is CCCn1c(CCC(=O)NCCCN2CCOCC2)nc2cc(S(N)(=O)=O)ccc21. The van der Waals surface area contributed by atoms with Gasteiger partial charge in [0.25, 0.3) is 0 Å². The minimum absolute atomic E-state index is 0.00249. The van der Waals surface area contributed by atoms with E-state index in [1.165, 1.54) is 12.1 Å². The summed E-state index contributed by atoms with van der Waals surface area (Å²) < 4.78 is 30.6. The van der Waals surface area contributed by atoms with Gasteiger partial charge in [-0.3, -0.25) is 9.69 Å². The molecule has 0 unspecified atom stereocenters. The zero-order chi connectivity index (χ0) is 21.6. The number of nitrogens with two attached hydrogens (primary N) is 1. The Morgan fingerprint density at radius 2 is 2.03 bits per heavy atom. The maximum Gasteiger partial charge on any atom is 0.238 e. The van der Waals surface area contributed by atoms with Gasteiger partial charge < -0.3 is 14.6 Å². The van der Waals surface area contributed by atoms with E-state index < -0.39 is 10.0 Å². The van der Waals surface area contributed by atoms with Crippen molar-refractivity contribution in [2.45, 2.75) is 44.0 Å². The topological polar surface area (TPSA) is 120 Å². The Bertz CT molecular complexity index is 967. The van der Waals surface area contributed by atoms with Crippen LogP contribution >= 0.6 is 0 Å². The Labute approximate surface area is 177 Å². The number of imidazole rings is 1. The second kappa shape index (κ2) is 10.3. The molecule has 1 aliphatic heterocycles. The van der Waals surface area contributed by atoms with E-state index in [0.717, 1.165) is 63.6 Å². The van der Waals surface area contributed by atoms with Gasteiger partial charge in [-0.1, -0.05) is 6.92 Å². The molecule has 1 aliphatic rings. The molecule has 1 amide bonds. The number of hydrogen-bond acceptors (Lipinski definition) is 6. The van der Waals surface area contributed by atoms with E-state index in [1.807, 2.05) is 4.57 Å². The predicted molar refractivity (Wildman–Crippen MR) is 115 cm³/mol. The van der Waals surface area contributed by atoms with Crippen LogP contribution in [0.5, 0.6) is 0 Å². The number of nitrogens with zero attached hydrogens (tertiary/aromatic N) is 3. The Hall–Kier alpha value is -2.01. The van der Waals surface area contributed by atoms with Crippen molar-refractivity contribution < 1.29 is 17.9 Å². The molecule has 1 aromatic carbocycles. The van der Waals surface area contributed by atoms with Crippen molar-refractivity contribution in [3.8, 4) is 0 Å². The summed E-state index contributed by atoms with van der Waals surface area (Å²) in [6.45, 7) is 7.90. The number of carbonyl (C=O) groups excluding carboxylic acids is 1. The number of aromatic nitrogens is 2. The van der Waals surface area contributed by atoms with Crippen LogP contribution in [0.25, 0.3) is 11.0 Å². The third kappa shape index (κ3) is 6.00. The maximum atomic E-state index is 12.3. The van der Waals surface area contributed by atoms with Crippen LogP contribution in [0, 0.1) is 0 Å². The van der Waals surface area contributed by atoms with E-state index in [2.05, 4.69) is 22.1 Å². The van der Waals surface area contributed by atoms with Gasteiger partial charge in [0, 0.05) is 39.0 Å². The van der Waals surface area contributed by atoms with E-state index in [0.29, 0.717) is 24.9 Å². The largest absolute Gasteiger partial charge is 0.379 e. The molecule has 0 aliphatic carbocycles. The van der Waals surface area contributed by atoms with Crippen molar-refractivity contribution in [3.05, 3.63) is 24.0 Å². The molecule has 0 radical (unpaired) electrons. The Balaban J connectivity index is 1.56. The molecular weight excluding hydrogens is 406 g/mol. The minimum Gasteiger partial charge on any atom is -0.379 e. The number of ether oxygens (including phenoxy) is 1. The Morgan fingerprint density at radius 1 is 1.27 bits per heavy atom. The summed E-state index contributed by atoms with van der Waals surface area (Å²) in [7, 11) is -3.78. The van der Waals surface area contributed by atoms with Gasteiger partial charge in [0.05, 0.1) is 29.1 Å². The second-order valence-electron chi connectivity index (χ2n) is 7.53. The highest BCUT2D eigenvalue weighted by Crippen LogP contribution is 2.21. The quantitative estimate of drug-likeness (QED) is 0.532. The summed E-state index contributed by atoms with van der Waals surface area (Å²) >= 11 is 0. The first-order chi connectivity index (χ1) is 14.4. The van der Waals surface area contributed by atoms with Crippen molar-refractivity contribution >= 4 is 27.0 Å². The summed E-state index contributed by atoms with van der Waals surface area (Å²) in [6, 6.07) is 4.72. The zero-order valence-electron chi connectivity index (χ0n) is 17.5. The second-order valence-corrected chi connectivity index (χ2v) is 9.09. The molecule has 0 spiro atoms. The molecule has 0 bridgehead atoms. The lowest BCUT2D eigenvalue weighted by molar-refractivity contribution is -0.121. The molecule has 1 aromatic heterocycles. The summed E-state index contributed by atoms with van der Waals surface area (Å²) in [5.74, 6) is 0.777. The van der Waals surface area contributed by atoms with Gasteiger partial charge in [-0.15, -0.1) is 0 Å². The van der Waals surface area contributed by atoms with Gasteiger partial charge in [-0.05, 0) is 37.6 Å². The van der Waals surface area contributed by atoms with Gasteiger partial charge in [0.15, 0.2) is 0 Å². The number of sulfonamides is 1. The lowest BCUT2D eigenvalue weighted by Crippen LogP contribution is -2.38. The smallest absolute Gasteiger partial charge is 0.238 e. The van der Waals surface area contributed by atoms with Crippen LogP contribution in [0.2, 0.25) is 0 Å². The molecule has 1 fully saturated rings. The number of primary sulfonamides is 1. The lowest BCUT2D eigenvalue weighted by Gasteiger charge is -2.26. The van der Waals surface area contributed by atoms with Crippen LogP contribution in [0.15, 0.2) is 23.1 Å². The standard InChI is InChI=1S/C20H31N5O4S/c1-2-9-25-18-5-4-16(30(21,27)28)15-17(18)23-19(25)6-7-20(26)22-8-3-10-24-11-13-29-14-12-24/h4-5,15H,2-3,6-14H2,1H3,(H,22,26)(H2,21,27,28). The van der Waals surface area contributed by atoms with E-state index in [4.69, 9.17) is 9.88 Å². The van der Waals surface area contributed by atoms with Crippen molar-refractivity contribution in [1.29, 1.82) is 0 Å². The van der Waals surface area contributed by atoms with Crippen LogP contribution < -0.4 is 10.5 Å². The van der Waals surface area contributed by atoms with E-state index in [1.54, 1.807) is 6.07 Å². The number of aryl methyl sites for hydroxylation is 2. The van der Waals surface area contributed by atoms with Gasteiger partial charge in [0.1, 0.15) is 5.82 Å². The Kier molecular flexibility index (Phi) is 7.81. The third-order valence-corrected chi connectivity index (χ3v) is 6.14. The number of benzene rings is 1. The monoisotopic (exact) mass is 437 g/mol. The molecule has 166 valence electrons. The third-order valence-electron chi connectivity index (χ3n) is 5.23. The van der Waals surface area contributed by atoms with Crippen molar-refractivity contribution in [1.82, 2.24) is 19.8 Å². The molecule has 3 rings (SSSR count). The molecule has 2 heterocycles. The summed E-state index contributed by atoms with van der Waals surface area (Å²) in [5.41, 5.74) is 1.43. The van der Waals surface area contributed by atoms with Crippen molar-refractivity contribution in [3.63, 3.8) is 0 Å². The molecule has 3 N–H and O–H groups in total. The highest BCUT2D eigenvalue weighted by Gasteiger charge is 2.15. The van der Waals surface area contributed by atoms with Crippen LogP contribution in [0.4, 0.5) is 0 Å². The van der Waals surface area contributed by atoms with Crippen LogP contribution in [0.1, 0.15) is 32.0 Å². The molecule has 10 heteroatoms. The molecule has 0 saturated carbocycles. The van der Waals surface area contributed by atoms with E-state index in [-0.39, 0.29) is 10.8 Å². The van der Waals surface area contributed by atoms with Crippen LogP contribution in [-0.2, 0) is 32.5 Å². The fourth-order valence-corrected chi connectivity index (χ4v) is 4.20. The molecular formula is C20H31N5O4S. The van der Waals surface area contributed by atoms with Gasteiger partial charge >= 0.3 is 0 Å². The average molecular weight is 438 g/mol. The summed E-state index contributed by atoms with van der Waals surface area (Å²) in [4.78, 5) is 19.2. The van der Waals surface area contributed by atoms with Gasteiger partial charge in [0.2, 0.25) is 15.9 Å². The number of carbonyl (C=O) groups is 1. The number of amides is 1. The summed E-state index contributed by atoms with van der Waals surface area (Å²) in [5, 5.41) is 8.21. The minimum atomic E-state index is -3.78. The van der Waals surface area contributed by atoms with E-state index >= 15 is 0 Å². The van der Waals surface area contributed by atoms with Crippen molar-refractivity contribution in [2.24, 2.45) is 5.14 Å².